The minimum Gasteiger partial charge on any atom is -0.396 e. The number of halogens is 3. The standard InChI is InChI=1S/C8H8ClF2NO/c9-7-5-12-3-1-6(7)8(10,11)2-4-13/h1,3,5,13H,2,4H2. The molecule has 0 bridgehead atoms. The summed E-state index contributed by atoms with van der Waals surface area (Å²) in [6.07, 6.45) is 1.77. The molecule has 1 aromatic heterocycles. The molecule has 0 radical (unpaired) electrons. The quantitative estimate of drug-likeness (QED) is 0.825. The van der Waals surface area contributed by atoms with E-state index in [2.05, 4.69) is 4.98 Å². The number of hydrogen-bond acceptors (Lipinski definition) is 2. The fourth-order valence-corrected chi connectivity index (χ4v) is 1.20. The Bertz CT molecular complexity index is 293. The van der Waals surface area contributed by atoms with Crippen LogP contribution < -0.4 is 0 Å². The number of aromatic nitrogens is 1. The molecule has 0 fully saturated rings. The first kappa shape index (κ1) is 10.3. The van der Waals surface area contributed by atoms with Gasteiger partial charge in [0, 0.05) is 31.0 Å². The lowest BCUT2D eigenvalue weighted by Gasteiger charge is -2.15. The van der Waals surface area contributed by atoms with Gasteiger partial charge in [0.2, 0.25) is 0 Å². The Labute approximate surface area is 79.2 Å². The zero-order valence-corrected chi connectivity index (χ0v) is 7.43. The predicted octanol–water partition coefficient (Wildman–Crippen LogP) is 2.21. The Morgan fingerprint density at radius 3 is 2.77 bits per heavy atom. The summed E-state index contributed by atoms with van der Waals surface area (Å²) in [6.45, 7) is -0.578. The van der Waals surface area contributed by atoms with Crippen molar-refractivity contribution in [1.29, 1.82) is 0 Å². The largest absolute Gasteiger partial charge is 0.396 e. The predicted molar refractivity (Wildman–Crippen MR) is 44.8 cm³/mol. The normalized spacial score (nSPS) is 11.7. The van der Waals surface area contributed by atoms with Crippen molar-refractivity contribution in [3.63, 3.8) is 0 Å². The summed E-state index contributed by atoms with van der Waals surface area (Å²) >= 11 is 5.52. The van der Waals surface area contributed by atoms with Crippen LogP contribution in [0.2, 0.25) is 5.02 Å². The summed E-state index contributed by atoms with van der Waals surface area (Å²) in [5, 5.41) is 8.33. The SMILES string of the molecule is OCCC(F)(F)c1ccncc1Cl. The minimum absolute atomic E-state index is 0.0825. The Morgan fingerprint density at radius 2 is 2.23 bits per heavy atom. The Kier molecular flexibility index (Phi) is 3.17. The van der Waals surface area contributed by atoms with Crippen molar-refractivity contribution in [1.82, 2.24) is 4.98 Å². The summed E-state index contributed by atoms with van der Waals surface area (Å²) in [7, 11) is 0. The number of aliphatic hydroxyl groups is 1. The molecule has 0 amide bonds. The molecule has 0 atom stereocenters. The van der Waals surface area contributed by atoms with Crippen molar-refractivity contribution < 1.29 is 13.9 Å². The third-order valence-corrected chi connectivity index (χ3v) is 1.89. The molecule has 0 aromatic carbocycles. The van der Waals surface area contributed by atoms with Gasteiger partial charge in [-0.25, -0.2) is 8.78 Å². The average Bonchev–Trinajstić information content (AvgIpc) is 2.04. The number of aliphatic hydroxyl groups excluding tert-OH is 1. The van der Waals surface area contributed by atoms with Gasteiger partial charge in [0.05, 0.1) is 5.02 Å². The molecule has 0 saturated carbocycles. The van der Waals surface area contributed by atoms with Crippen LogP contribution in [0.3, 0.4) is 0 Å². The second-order valence-corrected chi connectivity index (χ2v) is 2.94. The van der Waals surface area contributed by atoms with Gasteiger partial charge in [0.15, 0.2) is 0 Å². The van der Waals surface area contributed by atoms with E-state index in [1.165, 1.54) is 6.20 Å². The van der Waals surface area contributed by atoms with Gasteiger partial charge in [-0.15, -0.1) is 0 Å². The summed E-state index contributed by atoms with van der Waals surface area (Å²) in [4.78, 5) is 3.59. The molecule has 2 nitrogen and oxygen atoms in total. The second kappa shape index (κ2) is 3.98. The fraction of sp³-hybridized carbons (Fsp3) is 0.375. The molecular weight excluding hydrogens is 200 g/mol. The maximum atomic E-state index is 13.1. The van der Waals surface area contributed by atoms with Crippen molar-refractivity contribution >= 4 is 11.6 Å². The Morgan fingerprint density at radius 1 is 1.54 bits per heavy atom. The van der Waals surface area contributed by atoms with Crippen molar-refractivity contribution in [2.24, 2.45) is 0 Å². The number of hydrogen-bond donors (Lipinski definition) is 1. The van der Waals surface area contributed by atoms with Crippen LogP contribution in [-0.2, 0) is 5.92 Å². The number of nitrogens with zero attached hydrogens (tertiary/aromatic N) is 1. The topological polar surface area (TPSA) is 33.1 Å². The highest BCUT2D eigenvalue weighted by molar-refractivity contribution is 6.31. The van der Waals surface area contributed by atoms with Crippen LogP contribution in [0.4, 0.5) is 8.78 Å². The third kappa shape index (κ3) is 2.35. The van der Waals surface area contributed by atoms with E-state index in [-0.39, 0.29) is 10.6 Å². The molecule has 1 N–H and O–H groups in total. The summed E-state index contributed by atoms with van der Waals surface area (Å²) in [5.41, 5.74) is -0.293. The minimum atomic E-state index is -3.09. The van der Waals surface area contributed by atoms with Gasteiger partial charge in [0.1, 0.15) is 0 Å². The Balaban J connectivity index is 2.99. The van der Waals surface area contributed by atoms with Crippen LogP contribution in [0, 0.1) is 0 Å². The van der Waals surface area contributed by atoms with E-state index < -0.39 is 19.0 Å². The molecular formula is C8H8ClF2NO. The zero-order valence-electron chi connectivity index (χ0n) is 6.67. The second-order valence-electron chi connectivity index (χ2n) is 2.53. The molecule has 0 spiro atoms. The highest BCUT2D eigenvalue weighted by Gasteiger charge is 2.32. The molecule has 1 rings (SSSR count). The highest BCUT2D eigenvalue weighted by Crippen LogP contribution is 2.35. The molecule has 0 unspecified atom stereocenters. The molecule has 0 saturated heterocycles. The van der Waals surface area contributed by atoms with Gasteiger partial charge < -0.3 is 5.11 Å². The monoisotopic (exact) mass is 207 g/mol. The van der Waals surface area contributed by atoms with Gasteiger partial charge in [-0.05, 0) is 6.07 Å². The summed E-state index contributed by atoms with van der Waals surface area (Å²) in [6, 6.07) is 1.15. The van der Waals surface area contributed by atoms with Crippen molar-refractivity contribution in [3.8, 4) is 0 Å². The van der Waals surface area contributed by atoms with E-state index in [1.54, 1.807) is 0 Å². The van der Waals surface area contributed by atoms with Crippen LogP contribution >= 0.6 is 11.6 Å². The first-order valence-electron chi connectivity index (χ1n) is 3.66. The van der Waals surface area contributed by atoms with Gasteiger partial charge in [-0.3, -0.25) is 4.98 Å². The van der Waals surface area contributed by atoms with Gasteiger partial charge in [-0.1, -0.05) is 11.6 Å². The van der Waals surface area contributed by atoms with Crippen molar-refractivity contribution in [2.45, 2.75) is 12.3 Å². The number of rotatable bonds is 3. The lowest BCUT2D eigenvalue weighted by Crippen LogP contribution is -2.15. The molecule has 72 valence electrons. The zero-order chi connectivity index (χ0) is 9.90. The maximum absolute atomic E-state index is 13.1. The van der Waals surface area contributed by atoms with Gasteiger partial charge >= 0.3 is 0 Å². The molecule has 0 aliphatic rings. The highest BCUT2D eigenvalue weighted by atomic mass is 35.5. The lowest BCUT2D eigenvalue weighted by atomic mass is 10.1. The smallest absolute Gasteiger partial charge is 0.276 e. The first-order chi connectivity index (χ1) is 6.08. The van der Waals surface area contributed by atoms with Crippen LogP contribution in [0.25, 0.3) is 0 Å². The first-order valence-corrected chi connectivity index (χ1v) is 4.04. The molecule has 13 heavy (non-hydrogen) atoms. The van der Waals surface area contributed by atoms with E-state index in [9.17, 15) is 8.78 Å². The average molecular weight is 208 g/mol. The maximum Gasteiger partial charge on any atom is 0.276 e. The molecule has 0 aliphatic heterocycles. The van der Waals surface area contributed by atoms with Gasteiger partial charge in [0.25, 0.3) is 5.92 Å². The summed E-state index contributed by atoms with van der Waals surface area (Å²) < 4.78 is 26.3. The third-order valence-electron chi connectivity index (χ3n) is 1.59. The van der Waals surface area contributed by atoms with Crippen molar-refractivity contribution in [2.75, 3.05) is 6.61 Å². The molecule has 1 heterocycles. The fourth-order valence-electron chi connectivity index (χ4n) is 0.947. The van der Waals surface area contributed by atoms with Crippen LogP contribution in [0.5, 0.6) is 0 Å². The number of pyridine rings is 1. The van der Waals surface area contributed by atoms with Gasteiger partial charge in [-0.2, -0.15) is 0 Å². The lowest BCUT2D eigenvalue weighted by molar-refractivity contribution is -0.0269. The molecule has 1 aromatic rings. The molecule has 5 heteroatoms. The van der Waals surface area contributed by atoms with Crippen LogP contribution in [-0.4, -0.2) is 16.7 Å². The van der Waals surface area contributed by atoms with Crippen LogP contribution in [0.1, 0.15) is 12.0 Å². The summed E-state index contributed by atoms with van der Waals surface area (Å²) in [5.74, 6) is -3.09. The molecule has 0 aliphatic carbocycles. The van der Waals surface area contributed by atoms with E-state index in [0.29, 0.717) is 0 Å². The van der Waals surface area contributed by atoms with Crippen LogP contribution in [0.15, 0.2) is 18.5 Å². The van der Waals surface area contributed by atoms with E-state index in [1.807, 2.05) is 0 Å². The van der Waals surface area contributed by atoms with E-state index >= 15 is 0 Å². The van der Waals surface area contributed by atoms with E-state index in [0.717, 1.165) is 12.3 Å². The van der Waals surface area contributed by atoms with E-state index in [4.69, 9.17) is 16.7 Å². The Hall–Kier alpha value is -0.740. The number of alkyl halides is 2. The van der Waals surface area contributed by atoms with Crippen molar-refractivity contribution in [3.05, 3.63) is 29.0 Å².